The zero-order chi connectivity index (χ0) is 14.7. The first kappa shape index (κ1) is 14.1. The molecule has 1 aromatic heterocycles. The molecule has 7 heteroatoms. The zero-order valence-corrected chi connectivity index (χ0v) is 12.2. The Balaban J connectivity index is 1.40. The van der Waals surface area contributed by atoms with Gasteiger partial charge in [-0.05, 0) is 24.3 Å². The highest BCUT2D eigenvalue weighted by Gasteiger charge is 2.30. The number of aromatic nitrogens is 3. The molecule has 1 aromatic carbocycles. The average Bonchev–Trinajstić information content (AvgIpc) is 2.94. The van der Waals surface area contributed by atoms with E-state index in [2.05, 4.69) is 10.3 Å². The van der Waals surface area contributed by atoms with Crippen LogP contribution >= 0.6 is 11.8 Å². The molecule has 1 amide bonds. The van der Waals surface area contributed by atoms with E-state index in [1.807, 2.05) is 11.1 Å². The van der Waals surface area contributed by atoms with E-state index in [4.69, 9.17) is 0 Å². The molecule has 0 saturated carbocycles. The lowest BCUT2D eigenvalue weighted by Gasteiger charge is -2.39. The van der Waals surface area contributed by atoms with Crippen LogP contribution in [0.2, 0.25) is 0 Å². The standard InChI is InChI=1S/C14H15FN4OS/c15-12-1-3-13(4-2-12)21-10-14(20)18-7-11(8-18)9-19-6-5-16-17-19/h1-6,11H,7-10H2. The van der Waals surface area contributed by atoms with Crippen LogP contribution in [-0.4, -0.2) is 44.6 Å². The van der Waals surface area contributed by atoms with E-state index in [0.29, 0.717) is 11.7 Å². The third-order valence-electron chi connectivity index (χ3n) is 3.40. The van der Waals surface area contributed by atoms with Gasteiger partial charge in [0, 0.05) is 36.6 Å². The molecule has 2 heterocycles. The fourth-order valence-corrected chi connectivity index (χ4v) is 3.05. The summed E-state index contributed by atoms with van der Waals surface area (Å²) in [6.45, 7) is 2.33. The molecule has 0 bridgehead atoms. The summed E-state index contributed by atoms with van der Waals surface area (Å²) in [5.41, 5.74) is 0. The number of nitrogens with zero attached hydrogens (tertiary/aromatic N) is 4. The lowest BCUT2D eigenvalue weighted by Crippen LogP contribution is -2.52. The van der Waals surface area contributed by atoms with E-state index in [0.717, 1.165) is 24.5 Å². The topological polar surface area (TPSA) is 51.0 Å². The molecule has 1 aliphatic rings. The molecule has 0 N–H and O–H groups in total. The molecule has 110 valence electrons. The maximum Gasteiger partial charge on any atom is 0.232 e. The Bertz CT molecular complexity index is 596. The van der Waals surface area contributed by atoms with Gasteiger partial charge >= 0.3 is 0 Å². The minimum absolute atomic E-state index is 0.124. The molecule has 1 saturated heterocycles. The normalized spacial score (nSPS) is 15.0. The number of carbonyl (C=O) groups excluding carboxylic acids is 1. The minimum Gasteiger partial charge on any atom is -0.341 e. The molecule has 0 radical (unpaired) electrons. The highest BCUT2D eigenvalue weighted by atomic mass is 32.2. The molecule has 0 unspecified atom stereocenters. The average molecular weight is 306 g/mol. The maximum atomic E-state index is 12.8. The zero-order valence-electron chi connectivity index (χ0n) is 11.4. The second kappa shape index (κ2) is 6.26. The highest BCUT2D eigenvalue weighted by molar-refractivity contribution is 8.00. The van der Waals surface area contributed by atoms with Gasteiger partial charge in [0.05, 0.1) is 11.9 Å². The van der Waals surface area contributed by atoms with E-state index in [9.17, 15) is 9.18 Å². The number of amides is 1. The van der Waals surface area contributed by atoms with Gasteiger partial charge in [-0.3, -0.25) is 9.48 Å². The smallest absolute Gasteiger partial charge is 0.232 e. The number of carbonyl (C=O) groups is 1. The van der Waals surface area contributed by atoms with Crippen LogP contribution in [0.25, 0.3) is 0 Å². The van der Waals surface area contributed by atoms with Gasteiger partial charge in [0.2, 0.25) is 5.91 Å². The first-order valence-corrected chi connectivity index (χ1v) is 7.69. The summed E-state index contributed by atoms with van der Waals surface area (Å²) in [6, 6.07) is 6.20. The van der Waals surface area contributed by atoms with Gasteiger partial charge in [0.1, 0.15) is 5.82 Å². The van der Waals surface area contributed by atoms with Gasteiger partial charge in [-0.2, -0.15) is 0 Å². The second-order valence-electron chi connectivity index (χ2n) is 5.03. The van der Waals surface area contributed by atoms with Crippen LogP contribution in [0.5, 0.6) is 0 Å². The number of benzene rings is 1. The van der Waals surface area contributed by atoms with Gasteiger partial charge in [0.25, 0.3) is 0 Å². The van der Waals surface area contributed by atoms with Crippen molar-refractivity contribution in [3.63, 3.8) is 0 Å². The number of hydrogen-bond donors (Lipinski definition) is 0. The van der Waals surface area contributed by atoms with Crippen LogP contribution in [0, 0.1) is 11.7 Å². The number of thioether (sulfide) groups is 1. The molecule has 5 nitrogen and oxygen atoms in total. The van der Waals surface area contributed by atoms with Crippen molar-refractivity contribution in [1.29, 1.82) is 0 Å². The van der Waals surface area contributed by atoms with E-state index in [1.54, 1.807) is 23.0 Å². The van der Waals surface area contributed by atoms with Crippen molar-refractivity contribution in [3.8, 4) is 0 Å². The van der Waals surface area contributed by atoms with Crippen molar-refractivity contribution < 1.29 is 9.18 Å². The van der Waals surface area contributed by atoms with Crippen molar-refractivity contribution in [2.24, 2.45) is 5.92 Å². The Morgan fingerprint density at radius 3 is 2.76 bits per heavy atom. The lowest BCUT2D eigenvalue weighted by atomic mass is 10.0. The Morgan fingerprint density at radius 2 is 2.10 bits per heavy atom. The fraction of sp³-hybridized carbons (Fsp3) is 0.357. The van der Waals surface area contributed by atoms with Crippen molar-refractivity contribution in [2.45, 2.75) is 11.4 Å². The predicted octanol–water partition coefficient (Wildman–Crippen LogP) is 1.67. The molecule has 0 atom stereocenters. The Morgan fingerprint density at radius 1 is 1.33 bits per heavy atom. The van der Waals surface area contributed by atoms with Gasteiger partial charge < -0.3 is 4.90 Å². The first-order valence-electron chi connectivity index (χ1n) is 6.71. The van der Waals surface area contributed by atoms with E-state index >= 15 is 0 Å². The van der Waals surface area contributed by atoms with Crippen LogP contribution in [0.3, 0.4) is 0 Å². The SMILES string of the molecule is O=C(CSc1ccc(F)cc1)N1CC(Cn2ccnn2)C1. The fourth-order valence-electron chi connectivity index (χ4n) is 2.25. The summed E-state index contributed by atoms with van der Waals surface area (Å²) in [5, 5.41) is 7.68. The molecular weight excluding hydrogens is 291 g/mol. The van der Waals surface area contributed by atoms with Crippen molar-refractivity contribution in [2.75, 3.05) is 18.8 Å². The van der Waals surface area contributed by atoms with Gasteiger partial charge in [-0.1, -0.05) is 5.21 Å². The number of likely N-dealkylation sites (tertiary alicyclic amines) is 1. The van der Waals surface area contributed by atoms with Crippen molar-refractivity contribution in [3.05, 3.63) is 42.5 Å². The Kier molecular flexibility index (Phi) is 4.19. The van der Waals surface area contributed by atoms with Gasteiger partial charge in [-0.15, -0.1) is 16.9 Å². The summed E-state index contributed by atoms with van der Waals surface area (Å²) < 4.78 is 14.6. The third kappa shape index (κ3) is 3.60. The van der Waals surface area contributed by atoms with Crippen LogP contribution < -0.4 is 0 Å². The van der Waals surface area contributed by atoms with Crippen molar-refractivity contribution >= 4 is 17.7 Å². The minimum atomic E-state index is -0.260. The monoisotopic (exact) mass is 306 g/mol. The maximum absolute atomic E-state index is 12.8. The van der Waals surface area contributed by atoms with Crippen LogP contribution in [0.1, 0.15) is 0 Å². The van der Waals surface area contributed by atoms with Crippen LogP contribution in [-0.2, 0) is 11.3 Å². The summed E-state index contributed by atoms with van der Waals surface area (Å²) in [5.74, 6) is 0.705. The largest absolute Gasteiger partial charge is 0.341 e. The van der Waals surface area contributed by atoms with E-state index < -0.39 is 0 Å². The van der Waals surface area contributed by atoms with Crippen LogP contribution in [0.15, 0.2) is 41.6 Å². The van der Waals surface area contributed by atoms with E-state index in [1.165, 1.54) is 23.9 Å². The number of halogens is 1. The molecule has 3 rings (SSSR count). The van der Waals surface area contributed by atoms with Gasteiger partial charge in [0.15, 0.2) is 0 Å². The molecule has 2 aromatic rings. The van der Waals surface area contributed by atoms with E-state index in [-0.39, 0.29) is 11.7 Å². The number of rotatable bonds is 5. The Hall–Kier alpha value is -1.89. The number of hydrogen-bond acceptors (Lipinski definition) is 4. The van der Waals surface area contributed by atoms with Crippen molar-refractivity contribution in [1.82, 2.24) is 19.9 Å². The second-order valence-corrected chi connectivity index (χ2v) is 6.08. The third-order valence-corrected chi connectivity index (χ3v) is 4.40. The molecule has 1 fully saturated rings. The molecule has 21 heavy (non-hydrogen) atoms. The molecular formula is C14H15FN4OS. The van der Waals surface area contributed by atoms with Gasteiger partial charge in [-0.25, -0.2) is 4.39 Å². The first-order chi connectivity index (χ1) is 10.2. The predicted molar refractivity (Wildman–Crippen MR) is 77.2 cm³/mol. The summed E-state index contributed by atoms with van der Waals surface area (Å²) in [4.78, 5) is 14.8. The lowest BCUT2D eigenvalue weighted by molar-refractivity contribution is -0.134. The molecule has 1 aliphatic heterocycles. The highest BCUT2D eigenvalue weighted by Crippen LogP contribution is 2.22. The molecule has 0 aliphatic carbocycles. The molecule has 0 spiro atoms. The summed E-state index contributed by atoms with van der Waals surface area (Å²) in [6.07, 6.45) is 3.48. The van der Waals surface area contributed by atoms with Crippen LogP contribution in [0.4, 0.5) is 4.39 Å². The summed E-state index contributed by atoms with van der Waals surface area (Å²) >= 11 is 1.44. The quantitative estimate of drug-likeness (QED) is 0.789. The Labute approximate surface area is 126 Å². The summed E-state index contributed by atoms with van der Waals surface area (Å²) in [7, 11) is 0.